The topological polar surface area (TPSA) is 43.1 Å². The van der Waals surface area contributed by atoms with Gasteiger partial charge in [0.15, 0.2) is 5.58 Å². The van der Waals surface area contributed by atoms with Gasteiger partial charge in [-0.25, -0.2) is 4.98 Å². The van der Waals surface area contributed by atoms with Crippen molar-refractivity contribution < 1.29 is 9.21 Å². The number of carbonyl (C=O) groups is 1. The summed E-state index contributed by atoms with van der Waals surface area (Å²) in [5, 5.41) is 0. The Balaban J connectivity index is 1.80. The Morgan fingerprint density at radius 3 is 2.67 bits per heavy atom. The van der Waals surface area contributed by atoms with Crippen molar-refractivity contribution in [1.29, 1.82) is 0 Å². The van der Waals surface area contributed by atoms with E-state index in [-0.39, 0.29) is 5.41 Å². The number of fused-ring (bicyclic) bond motifs is 1. The third kappa shape index (κ3) is 2.87. The highest BCUT2D eigenvalue weighted by Gasteiger charge is 2.41. The molecule has 112 valence electrons. The minimum atomic E-state index is -0.130. The predicted molar refractivity (Wildman–Crippen MR) is 83.1 cm³/mol. The molecule has 0 saturated heterocycles. The van der Waals surface area contributed by atoms with Gasteiger partial charge < -0.3 is 4.42 Å². The zero-order valence-electron chi connectivity index (χ0n) is 12.9. The van der Waals surface area contributed by atoms with E-state index in [2.05, 4.69) is 18.8 Å². The zero-order valence-corrected chi connectivity index (χ0v) is 12.9. The van der Waals surface area contributed by atoms with Gasteiger partial charge in [0.05, 0.1) is 6.42 Å². The number of Topliss-reactive ketones (excluding diaryl/α,β-unsaturated/α-hetero) is 1. The van der Waals surface area contributed by atoms with Crippen molar-refractivity contribution in [3.63, 3.8) is 0 Å². The fraction of sp³-hybridized carbons (Fsp3) is 0.556. The maximum atomic E-state index is 12.8. The first-order valence-electron chi connectivity index (χ1n) is 7.97. The number of hydrogen-bond donors (Lipinski definition) is 0. The van der Waals surface area contributed by atoms with Crippen molar-refractivity contribution >= 4 is 16.9 Å². The molecule has 2 aromatic rings. The highest BCUT2D eigenvalue weighted by molar-refractivity contribution is 5.87. The Hall–Kier alpha value is -1.64. The molecule has 0 spiro atoms. The summed E-state index contributed by atoms with van der Waals surface area (Å²) in [5.41, 5.74) is 1.48. The molecule has 3 nitrogen and oxygen atoms in total. The first-order chi connectivity index (χ1) is 10.1. The fourth-order valence-electron chi connectivity index (χ4n) is 3.75. The second kappa shape index (κ2) is 5.63. The molecule has 0 amide bonds. The molecular weight excluding hydrogens is 262 g/mol. The molecule has 1 aromatic carbocycles. The first-order valence-corrected chi connectivity index (χ1v) is 7.97. The average Bonchev–Trinajstić information content (AvgIpc) is 3.04. The number of aromatic nitrogens is 1. The van der Waals surface area contributed by atoms with E-state index in [4.69, 9.17) is 4.42 Å². The number of oxazole rings is 1. The molecule has 1 fully saturated rings. The highest BCUT2D eigenvalue weighted by Crippen LogP contribution is 2.44. The molecule has 1 aliphatic rings. The maximum absolute atomic E-state index is 12.8. The third-order valence-electron chi connectivity index (χ3n) is 4.60. The van der Waals surface area contributed by atoms with E-state index in [1.807, 2.05) is 24.3 Å². The van der Waals surface area contributed by atoms with E-state index in [0.717, 1.165) is 30.4 Å². The van der Waals surface area contributed by atoms with Gasteiger partial charge in [-0.15, -0.1) is 0 Å². The number of ketones is 1. The molecule has 1 saturated carbocycles. The summed E-state index contributed by atoms with van der Waals surface area (Å²) < 4.78 is 5.72. The quantitative estimate of drug-likeness (QED) is 0.809. The first kappa shape index (κ1) is 14.3. The lowest BCUT2D eigenvalue weighted by molar-refractivity contribution is -0.129. The van der Waals surface area contributed by atoms with Crippen LogP contribution in [0.1, 0.15) is 51.8 Å². The van der Waals surface area contributed by atoms with Gasteiger partial charge in [0.1, 0.15) is 11.3 Å². The molecule has 0 unspecified atom stereocenters. The minimum absolute atomic E-state index is 0.130. The summed E-state index contributed by atoms with van der Waals surface area (Å²) in [5.74, 6) is 1.44. The van der Waals surface area contributed by atoms with Crippen LogP contribution in [0.2, 0.25) is 0 Å². The monoisotopic (exact) mass is 285 g/mol. The summed E-state index contributed by atoms with van der Waals surface area (Å²) in [6.45, 7) is 4.40. The van der Waals surface area contributed by atoms with Crippen LogP contribution in [0.15, 0.2) is 28.7 Å². The summed E-state index contributed by atoms with van der Waals surface area (Å²) in [7, 11) is 0. The normalized spacial score (nSPS) is 17.7. The Morgan fingerprint density at radius 2 is 2.00 bits per heavy atom. The van der Waals surface area contributed by atoms with Crippen molar-refractivity contribution in [2.45, 2.75) is 52.4 Å². The van der Waals surface area contributed by atoms with Crippen molar-refractivity contribution in [3.05, 3.63) is 30.2 Å². The molecule has 3 heteroatoms. The summed E-state index contributed by atoms with van der Waals surface area (Å²) in [6.07, 6.45) is 5.74. The fourth-order valence-corrected chi connectivity index (χ4v) is 3.75. The van der Waals surface area contributed by atoms with E-state index < -0.39 is 0 Å². The van der Waals surface area contributed by atoms with E-state index >= 15 is 0 Å². The molecule has 1 aliphatic carbocycles. The second-order valence-corrected chi connectivity index (χ2v) is 6.76. The molecule has 1 aromatic heterocycles. The Kier molecular flexibility index (Phi) is 3.83. The van der Waals surface area contributed by atoms with Crippen LogP contribution in [0.25, 0.3) is 11.1 Å². The van der Waals surface area contributed by atoms with E-state index in [1.165, 1.54) is 12.8 Å². The van der Waals surface area contributed by atoms with Gasteiger partial charge in [0, 0.05) is 5.41 Å². The predicted octanol–water partition coefficient (Wildman–Crippen LogP) is 4.55. The summed E-state index contributed by atoms with van der Waals surface area (Å²) in [6, 6.07) is 7.69. The van der Waals surface area contributed by atoms with E-state index in [0.29, 0.717) is 24.0 Å². The Bertz CT molecular complexity index is 602. The number of rotatable bonds is 5. The van der Waals surface area contributed by atoms with Crippen molar-refractivity contribution in [1.82, 2.24) is 4.98 Å². The number of nitrogens with zero attached hydrogens (tertiary/aromatic N) is 1. The largest absolute Gasteiger partial charge is 0.440 e. The summed E-state index contributed by atoms with van der Waals surface area (Å²) >= 11 is 0. The number of hydrogen-bond acceptors (Lipinski definition) is 3. The van der Waals surface area contributed by atoms with Gasteiger partial charge in [0.25, 0.3) is 0 Å². The lowest BCUT2D eigenvalue weighted by Crippen LogP contribution is -2.31. The van der Waals surface area contributed by atoms with Gasteiger partial charge in [-0.05, 0) is 37.3 Å². The van der Waals surface area contributed by atoms with E-state index in [9.17, 15) is 4.79 Å². The lowest BCUT2D eigenvalue weighted by atomic mass is 9.74. The SMILES string of the molecule is CC(C)CC1(C(=O)Cc2nc3ccccc3o2)CCCC1. The number of para-hydroxylation sites is 2. The molecular formula is C18H23NO2. The maximum Gasteiger partial charge on any atom is 0.202 e. The Morgan fingerprint density at radius 1 is 1.29 bits per heavy atom. The smallest absolute Gasteiger partial charge is 0.202 e. The van der Waals surface area contributed by atoms with Gasteiger partial charge in [-0.3, -0.25) is 4.79 Å². The highest BCUT2D eigenvalue weighted by atomic mass is 16.3. The molecule has 3 rings (SSSR count). The molecule has 0 bridgehead atoms. The Labute approximate surface area is 125 Å². The van der Waals surface area contributed by atoms with Crippen molar-refractivity contribution in [2.75, 3.05) is 0 Å². The van der Waals surface area contributed by atoms with Crippen molar-refractivity contribution in [3.8, 4) is 0 Å². The molecule has 0 N–H and O–H groups in total. The number of benzene rings is 1. The van der Waals surface area contributed by atoms with Gasteiger partial charge in [-0.2, -0.15) is 0 Å². The molecule has 1 heterocycles. The van der Waals surface area contributed by atoms with Crippen LogP contribution in [-0.4, -0.2) is 10.8 Å². The van der Waals surface area contributed by atoms with Crippen LogP contribution in [0, 0.1) is 11.3 Å². The minimum Gasteiger partial charge on any atom is -0.440 e. The van der Waals surface area contributed by atoms with Crippen LogP contribution in [0.4, 0.5) is 0 Å². The van der Waals surface area contributed by atoms with Gasteiger partial charge >= 0.3 is 0 Å². The molecule has 0 atom stereocenters. The van der Waals surface area contributed by atoms with Crippen LogP contribution < -0.4 is 0 Å². The average molecular weight is 285 g/mol. The van der Waals surface area contributed by atoms with Crippen LogP contribution in [0.5, 0.6) is 0 Å². The molecule has 0 radical (unpaired) electrons. The molecule has 21 heavy (non-hydrogen) atoms. The second-order valence-electron chi connectivity index (χ2n) is 6.76. The van der Waals surface area contributed by atoms with Gasteiger partial charge in [0.2, 0.25) is 5.89 Å². The number of carbonyl (C=O) groups excluding carboxylic acids is 1. The van der Waals surface area contributed by atoms with E-state index in [1.54, 1.807) is 0 Å². The van der Waals surface area contributed by atoms with Crippen LogP contribution in [0.3, 0.4) is 0 Å². The van der Waals surface area contributed by atoms with Gasteiger partial charge in [-0.1, -0.05) is 38.8 Å². The standard InChI is InChI=1S/C18H23NO2/c1-13(2)12-18(9-5-6-10-18)16(20)11-17-19-14-7-3-4-8-15(14)21-17/h3-4,7-8,13H,5-6,9-12H2,1-2H3. The molecule has 0 aliphatic heterocycles. The third-order valence-corrected chi connectivity index (χ3v) is 4.60. The summed E-state index contributed by atoms with van der Waals surface area (Å²) in [4.78, 5) is 17.3. The zero-order chi connectivity index (χ0) is 14.9. The van der Waals surface area contributed by atoms with Crippen LogP contribution >= 0.6 is 0 Å². The lowest BCUT2D eigenvalue weighted by Gasteiger charge is -2.28. The van der Waals surface area contributed by atoms with Crippen LogP contribution in [-0.2, 0) is 11.2 Å². The van der Waals surface area contributed by atoms with Crippen molar-refractivity contribution in [2.24, 2.45) is 11.3 Å².